The van der Waals surface area contributed by atoms with Gasteiger partial charge in [-0.25, -0.2) is 4.39 Å². The van der Waals surface area contributed by atoms with Crippen molar-refractivity contribution in [2.24, 2.45) is 5.10 Å². The second-order valence-corrected chi connectivity index (χ2v) is 6.66. The summed E-state index contributed by atoms with van der Waals surface area (Å²) in [5.74, 6) is -0.218. The van der Waals surface area contributed by atoms with Gasteiger partial charge in [0.2, 0.25) is 0 Å². The molecule has 0 N–H and O–H groups in total. The Bertz CT molecular complexity index is 891. The number of hydrogen-bond donors (Lipinski definition) is 0. The molecule has 1 fully saturated rings. The van der Waals surface area contributed by atoms with E-state index < -0.39 is 0 Å². The molecule has 0 saturated carbocycles. The van der Waals surface area contributed by atoms with Crippen molar-refractivity contribution in [3.63, 3.8) is 0 Å². The Labute approximate surface area is 153 Å². The van der Waals surface area contributed by atoms with Crippen LogP contribution in [0.3, 0.4) is 0 Å². The SMILES string of the molecule is Fc1ccc(/C=N\N2CCN(Cc3cccc4ccccc34)CC2)cc1. The second-order valence-electron chi connectivity index (χ2n) is 6.66. The van der Waals surface area contributed by atoms with E-state index in [9.17, 15) is 4.39 Å². The highest BCUT2D eigenvalue weighted by molar-refractivity contribution is 5.85. The molecular formula is C22H22FN3. The Hall–Kier alpha value is -2.72. The van der Waals surface area contributed by atoms with Gasteiger partial charge in [0, 0.05) is 32.7 Å². The average Bonchev–Trinajstić information content (AvgIpc) is 2.69. The van der Waals surface area contributed by atoms with Crippen LogP contribution in [0.5, 0.6) is 0 Å². The minimum Gasteiger partial charge on any atom is -0.295 e. The molecule has 4 heteroatoms. The molecule has 26 heavy (non-hydrogen) atoms. The molecule has 0 spiro atoms. The predicted octanol–water partition coefficient (Wildman–Crippen LogP) is 4.13. The van der Waals surface area contributed by atoms with Crippen LogP contribution in [0, 0.1) is 5.82 Å². The van der Waals surface area contributed by atoms with Crippen molar-refractivity contribution in [3.05, 3.63) is 83.7 Å². The molecule has 3 nitrogen and oxygen atoms in total. The van der Waals surface area contributed by atoms with Crippen molar-refractivity contribution in [2.75, 3.05) is 26.2 Å². The lowest BCUT2D eigenvalue weighted by molar-refractivity contribution is 0.131. The zero-order chi connectivity index (χ0) is 17.8. The third-order valence-electron chi connectivity index (χ3n) is 4.86. The molecule has 0 bridgehead atoms. The fraction of sp³-hybridized carbons (Fsp3) is 0.227. The lowest BCUT2D eigenvalue weighted by Gasteiger charge is -2.33. The van der Waals surface area contributed by atoms with Crippen LogP contribution in [0.1, 0.15) is 11.1 Å². The van der Waals surface area contributed by atoms with Crippen molar-refractivity contribution >= 4 is 17.0 Å². The molecular weight excluding hydrogens is 325 g/mol. The molecule has 0 aromatic heterocycles. The van der Waals surface area contributed by atoms with Gasteiger partial charge in [-0.15, -0.1) is 0 Å². The van der Waals surface area contributed by atoms with Crippen molar-refractivity contribution in [1.82, 2.24) is 9.91 Å². The summed E-state index contributed by atoms with van der Waals surface area (Å²) in [4.78, 5) is 2.48. The molecule has 3 aromatic rings. The number of hydrazone groups is 1. The summed E-state index contributed by atoms with van der Waals surface area (Å²) in [6.45, 7) is 4.76. The van der Waals surface area contributed by atoms with Gasteiger partial charge in [0.25, 0.3) is 0 Å². The van der Waals surface area contributed by atoms with E-state index in [-0.39, 0.29) is 5.82 Å². The Balaban J connectivity index is 1.35. The summed E-state index contributed by atoms with van der Waals surface area (Å²) in [7, 11) is 0. The predicted molar refractivity (Wildman–Crippen MR) is 105 cm³/mol. The van der Waals surface area contributed by atoms with Crippen molar-refractivity contribution < 1.29 is 4.39 Å². The third-order valence-corrected chi connectivity index (χ3v) is 4.86. The largest absolute Gasteiger partial charge is 0.295 e. The molecule has 1 aliphatic heterocycles. The number of hydrogen-bond acceptors (Lipinski definition) is 3. The average molecular weight is 347 g/mol. The van der Waals surface area contributed by atoms with E-state index in [2.05, 4.69) is 57.5 Å². The molecule has 3 aromatic carbocycles. The highest BCUT2D eigenvalue weighted by Crippen LogP contribution is 2.20. The molecule has 0 radical (unpaired) electrons. The molecule has 1 saturated heterocycles. The second kappa shape index (κ2) is 7.67. The Morgan fingerprint density at radius 2 is 1.58 bits per heavy atom. The maximum atomic E-state index is 12.9. The number of halogens is 1. The fourth-order valence-corrected chi connectivity index (χ4v) is 3.38. The van der Waals surface area contributed by atoms with Crippen LogP contribution in [0.4, 0.5) is 4.39 Å². The maximum absolute atomic E-state index is 12.9. The maximum Gasteiger partial charge on any atom is 0.123 e. The smallest absolute Gasteiger partial charge is 0.123 e. The van der Waals surface area contributed by atoms with Gasteiger partial charge in [-0.3, -0.25) is 9.91 Å². The summed E-state index contributed by atoms with van der Waals surface area (Å²) < 4.78 is 12.9. The normalized spacial score (nSPS) is 15.8. The van der Waals surface area contributed by atoms with Crippen LogP contribution >= 0.6 is 0 Å². The van der Waals surface area contributed by atoms with Crippen molar-refractivity contribution in [3.8, 4) is 0 Å². The van der Waals surface area contributed by atoms with E-state index in [0.717, 1.165) is 38.3 Å². The molecule has 0 atom stereocenters. The van der Waals surface area contributed by atoms with E-state index in [0.29, 0.717) is 0 Å². The van der Waals surface area contributed by atoms with Crippen LogP contribution in [-0.2, 0) is 6.54 Å². The lowest BCUT2D eigenvalue weighted by Crippen LogP contribution is -2.43. The number of piperazine rings is 1. The van der Waals surface area contributed by atoms with Crippen LogP contribution in [-0.4, -0.2) is 42.3 Å². The van der Waals surface area contributed by atoms with Gasteiger partial charge in [-0.05, 0) is 34.0 Å². The minimum atomic E-state index is -0.218. The van der Waals surface area contributed by atoms with Crippen molar-refractivity contribution in [1.29, 1.82) is 0 Å². The van der Waals surface area contributed by atoms with Crippen LogP contribution < -0.4 is 0 Å². The van der Waals surface area contributed by atoms with Gasteiger partial charge >= 0.3 is 0 Å². The number of nitrogens with zero attached hydrogens (tertiary/aromatic N) is 3. The van der Waals surface area contributed by atoms with Gasteiger partial charge in [0.1, 0.15) is 5.82 Å². The van der Waals surface area contributed by atoms with Gasteiger partial charge in [0.15, 0.2) is 0 Å². The van der Waals surface area contributed by atoms with Gasteiger partial charge < -0.3 is 0 Å². The van der Waals surface area contributed by atoms with Gasteiger partial charge in [-0.1, -0.05) is 54.6 Å². The van der Waals surface area contributed by atoms with E-state index in [1.807, 2.05) is 0 Å². The first-order valence-corrected chi connectivity index (χ1v) is 9.01. The molecule has 132 valence electrons. The summed E-state index contributed by atoms with van der Waals surface area (Å²) >= 11 is 0. The Kier molecular flexibility index (Phi) is 4.93. The summed E-state index contributed by atoms with van der Waals surface area (Å²) in [6, 6.07) is 21.5. The minimum absolute atomic E-state index is 0.218. The standard InChI is InChI=1S/C22H22FN3/c23-21-10-8-18(9-11-21)16-24-26-14-12-25(13-15-26)17-20-6-3-5-19-4-1-2-7-22(19)20/h1-11,16H,12-15,17H2/b24-16-. The van der Waals surface area contributed by atoms with Crippen LogP contribution in [0.25, 0.3) is 10.8 Å². The van der Waals surface area contributed by atoms with Crippen LogP contribution in [0.15, 0.2) is 71.8 Å². The van der Waals surface area contributed by atoms with Crippen molar-refractivity contribution in [2.45, 2.75) is 6.54 Å². The molecule has 4 rings (SSSR count). The third kappa shape index (κ3) is 3.92. The van der Waals surface area contributed by atoms with E-state index >= 15 is 0 Å². The highest BCUT2D eigenvalue weighted by Gasteiger charge is 2.16. The molecule has 1 aliphatic rings. The molecule has 0 amide bonds. The molecule has 0 aliphatic carbocycles. The first kappa shape index (κ1) is 16.7. The van der Waals surface area contributed by atoms with Gasteiger partial charge in [0.05, 0.1) is 6.21 Å². The van der Waals surface area contributed by atoms with Gasteiger partial charge in [-0.2, -0.15) is 5.10 Å². The quantitative estimate of drug-likeness (QED) is 0.661. The monoisotopic (exact) mass is 347 g/mol. The van der Waals surface area contributed by atoms with E-state index in [1.54, 1.807) is 18.3 Å². The Morgan fingerprint density at radius 3 is 2.38 bits per heavy atom. The first-order valence-electron chi connectivity index (χ1n) is 9.01. The Morgan fingerprint density at radius 1 is 0.846 bits per heavy atom. The number of rotatable bonds is 4. The first-order chi connectivity index (χ1) is 12.8. The molecule has 0 unspecified atom stereocenters. The lowest BCUT2D eigenvalue weighted by atomic mass is 10.0. The fourth-order valence-electron chi connectivity index (χ4n) is 3.38. The zero-order valence-electron chi connectivity index (χ0n) is 14.7. The topological polar surface area (TPSA) is 18.8 Å². The van der Waals surface area contributed by atoms with E-state index in [4.69, 9.17) is 0 Å². The van der Waals surface area contributed by atoms with Crippen LogP contribution in [0.2, 0.25) is 0 Å². The summed E-state index contributed by atoms with van der Waals surface area (Å²) in [5, 5.41) is 9.26. The summed E-state index contributed by atoms with van der Waals surface area (Å²) in [5.41, 5.74) is 2.30. The molecule has 1 heterocycles. The number of benzene rings is 3. The zero-order valence-corrected chi connectivity index (χ0v) is 14.7. The summed E-state index contributed by atoms with van der Waals surface area (Å²) in [6.07, 6.45) is 1.81. The van der Waals surface area contributed by atoms with E-state index in [1.165, 1.54) is 28.5 Å². The number of fused-ring (bicyclic) bond motifs is 1. The highest BCUT2D eigenvalue weighted by atomic mass is 19.1.